The third-order valence-corrected chi connectivity index (χ3v) is 4.76. The summed E-state index contributed by atoms with van der Waals surface area (Å²) in [6, 6.07) is 12.3. The van der Waals surface area contributed by atoms with E-state index in [2.05, 4.69) is 20.3 Å². The number of pyridine rings is 1. The van der Waals surface area contributed by atoms with Gasteiger partial charge in [-0.05, 0) is 36.2 Å². The van der Waals surface area contributed by atoms with Crippen molar-refractivity contribution in [2.45, 2.75) is 13.0 Å². The summed E-state index contributed by atoms with van der Waals surface area (Å²) in [7, 11) is 0. The van der Waals surface area contributed by atoms with Gasteiger partial charge >= 0.3 is 0 Å². The molecule has 0 unspecified atom stereocenters. The monoisotopic (exact) mass is 402 g/mol. The minimum atomic E-state index is -0.673. The van der Waals surface area contributed by atoms with Crippen LogP contribution in [0.5, 0.6) is 0 Å². The second-order valence-electron chi connectivity index (χ2n) is 6.72. The van der Waals surface area contributed by atoms with Crippen LogP contribution in [0.15, 0.2) is 55.0 Å². The first-order valence-electron chi connectivity index (χ1n) is 9.09. The number of fused-ring (bicyclic) bond motifs is 1. The van der Waals surface area contributed by atoms with Crippen molar-refractivity contribution in [1.29, 1.82) is 5.26 Å². The van der Waals surface area contributed by atoms with E-state index >= 15 is 0 Å². The Balaban J connectivity index is 1.89. The van der Waals surface area contributed by atoms with E-state index < -0.39 is 17.7 Å². The van der Waals surface area contributed by atoms with Gasteiger partial charge in [-0.15, -0.1) is 0 Å². The lowest BCUT2D eigenvalue weighted by atomic mass is 9.93. The highest BCUT2D eigenvalue weighted by molar-refractivity contribution is 5.96. The lowest BCUT2D eigenvalue weighted by Gasteiger charge is -2.21. The Labute approximate surface area is 171 Å². The molecule has 4 rings (SSSR count). The van der Waals surface area contributed by atoms with Crippen molar-refractivity contribution < 1.29 is 8.78 Å². The molecule has 0 aliphatic carbocycles. The van der Waals surface area contributed by atoms with Gasteiger partial charge in [-0.2, -0.15) is 5.26 Å². The van der Waals surface area contributed by atoms with Crippen molar-refractivity contribution in [3.8, 4) is 17.2 Å². The van der Waals surface area contributed by atoms with E-state index in [9.17, 15) is 14.0 Å². The first kappa shape index (κ1) is 19.2. The number of nitrogens with two attached hydrogens (primary N) is 1. The van der Waals surface area contributed by atoms with E-state index in [0.717, 1.165) is 11.5 Å². The van der Waals surface area contributed by atoms with Crippen molar-refractivity contribution >= 4 is 22.5 Å². The van der Waals surface area contributed by atoms with Gasteiger partial charge in [0.1, 0.15) is 41.2 Å². The quantitative estimate of drug-likeness (QED) is 0.518. The molecular weight excluding hydrogens is 386 g/mol. The Morgan fingerprint density at radius 2 is 1.80 bits per heavy atom. The number of anilines is 2. The van der Waals surface area contributed by atoms with Gasteiger partial charge in [0.15, 0.2) is 0 Å². The molecule has 0 saturated carbocycles. The Kier molecular flexibility index (Phi) is 4.94. The van der Waals surface area contributed by atoms with E-state index in [1.54, 1.807) is 6.20 Å². The van der Waals surface area contributed by atoms with Crippen molar-refractivity contribution in [1.82, 2.24) is 15.0 Å². The second-order valence-corrected chi connectivity index (χ2v) is 6.72. The summed E-state index contributed by atoms with van der Waals surface area (Å²) in [6.07, 6.45) is 2.90. The van der Waals surface area contributed by atoms with Gasteiger partial charge in [-0.1, -0.05) is 18.2 Å². The summed E-state index contributed by atoms with van der Waals surface area (Å²) >= 11 is 0. The maximum Gasteiger partial charge on any atom is 0.150 e. The van der Waals surface area contributed by atoms with E-state index in [-0.39, 0.29) is 17.2 Å². The number of nitriles is 1. The van der Waals surface area contributed by atoms with E-state index in [1.807, 2.05) is 37.3 Å². The van der Waals surface area contributed by atoms with E-state index in [4.69, 9.17) is 5.73 Å². The van der Waals surface area contributed by atoms with Crippen molar-refractivity contribution in [3.05, 3.63) is 77.8 Å². The molecule has 0 radical (unpaired) electrons. The highest BCUT2D eigenvalue weighted by Gasteiger charge is 2.19. The molecule has 0 spiro atoms. The van der Waals surface area contributed by atoms with Crippen LogP contribution in [0.2, 0.25) is 0 Å². The molecule has 30 heavy (non-hydrogen) atoms. The molecule has 0 fully saturated rings. The van der Waals surface area contributed by atoms with Gasteiger partial charge < -0.3 is 11.1 Å². The molecule has 6 nitrogen and oxygen atoms in total. The molecule has 1 atom stereocenters. The zero-order valence-electron chi connectivity index (χ0n) is 15.9. The van der Waals surface area contributed by atoms with Crippen LogP contribution in [0.4, 0.5) is 20.4 Å². The van der Waals surface area contributed by atoms with Gasteiger partial charge in [0.05, 0.1) is 11.6 Å². The zero-order valence-corrected chi connectivity index (χ0v) is 15.9. The Bertz CT molecular complexity index is 1280. The molecule has 0 bridgehead atoms. The number of aromatic nitrogens is 3. The van der Waals surface area contributed by atoms with Crippen molar-refractivity contribution in [2.24, 2.45) is 0 Å². The van der Waals surface area contributed by atoms with E-state index in [0.29, 0.717) is 22.2 Å². The van der Waals surface area contributed by atoms with Crippen LogP contribution in [0.25, 0.3) is 22.0 Å². The topological polar surface area (TPSA) is 101 Å². The highest BCUT2D eigenvalue weighted by Crippen LogP contribution is 2.36. The minimum Gasteiger partial charge on any atom is -0.382 e. The minimum absolute atomic E-state index is 0.0614. The lowest BCUT2D eigenvalue weighted by molar-refractivity contribution is 0.584. The molecule has 0 amide bonds. The van der Waals surface area contributed by atoms with Gasteiger partial charge in [-0.25, -0.2) is 18.7 Å². The summed E-state index contributed by atoms with van der Waals surface area (Å²) in [5.41, 5.74) is 8.28. The molecule has 0 saturated heterocycles. The molecule has 4 aromatic rings. The van der Waals surface area contributed by atoms with Crippen LogP contribution in [0.1, 0.15) is 24.1 Å². The van der Waals surface area contributed by atoms with Crippen LogP contribution in [0.3, 0.4) is 0 Å². The average Bonchev–Trinajstić information content (AvgIpc) is 2.72. The number of hydrogen-bond donors (Lipinski definition) is 2. The fourth-order valence-corrected chi connectivity index (χ4v) is 3.41. The van der Waals surface area contributed by atoms with Crippen LogP contribution in [-0.4, -0.2) is 15.0 Å². The molecule has 8 heteroatoms. The third kappa shape index (κ3) is 3.49. The second kappa shape index (κ2) is 7.72. The lowest BCUT2D eigenvalue weighted by Crippen LogP contribution is -2.12. The number of nitrogen functional groups attached to an aromatic ring is 1. The van der Waals surface area contributed by atoms with Crippen LogP contribution < -0.4 is 11.1 Å². The summed E-state index contributed by atoms with van der Waals surface area (Å²) < 4.78 is 28.0. The molecule has 148 valence electrons. The van der Waals surface area contributed by atoms with E-state index in [1.165, 1.54) is 18.5 Å². The number of benzene rings is 2. The number of nitrogens with one attached hydrogen (secondary N) is 1. The smallest absolute Gasteiger partial charge is 0.150 e. The number of halogens is 2. The molecule has 2 heterocycles. The van der Waals surface area contributed by atoms with Gasteiger partial charge in [0.2, 0.25) is 0 Å². The number of nitrogens with zero attached hydrogens (tertiary/aromatic N) is 4. The first-order valence-corrected chi connectivity index (χ1v) is 9.09. The fraction of sp³-hybridized carbons (Fsp3) is 0.0909. The van der Waals surface area contributed by atoms with Crippen LogP contribution in [0, 0.1) is 23.0 Å². The standard InChI is InChI=1S/C22H16F2N6/c1-12(30-22-17(9-25)21(26)28-11-29-22)18-10-27-19-5-3-2-4-16(19)20(18)13-6-14(23)8-15(24)7-13/h2-8,10-12H,1H3,(H3,26,28,29,30)/t12-/m1/s1. The molecule has 2 aromatic carbocycles. The van der Waals surface area contributed by atoms with Crippen molar-refractivity contribution in [2.75, 3.05) is 11.1 Å². The largest absolute Gasteiger partial charge is 0.382 e. The number of hydrogen-bond acceptors (Lipinski definition) is 6. The molecule has 2 aromatic heterocycles. The molecule has 0 aliphatic heterocycles. The van der Waals surface area contributed by atoms with Gasteiger partial charge in [0, 0.05) is 23.2 Å². The average molecular weight is 402 g/mol. The Hall–Kier alpha value is -4.12. The Morgan fingerprint density at radius 1 is 1.07 bits per heavy atom. The maximum absolute atomic E-state index is 14.0. The summed E-state index contributed by atoms with van der Waals surface area (Å²) in [6.45, 7) is 1.84. The maximum atomic E-state index is 14.0. The molecule has 3 N–H and O–H groups in total. The van der Waals surface area contributed by atoms with Gasteiger partial charge in [0.25, 0.3) is 0 Å². The van der Waals surface area contributed by atoms with Crippen LogP contribution >= 0.6 is 0 Å². The number of para-hydroxylation sites is 1. The molecule has 0 aliphatic rings. The van der Waals surface area contributed by atoms with Gasteiger partial charge in [-0.3, -0.25) is 4.98 Å². The highest BCUT2D eigenvalue weighted by atomic mass is 19.1. The molecular formula is C22H16F2N6. The summed E-state index contributed by atoms with van der Waals surface area (Å²) in [4.78, 5) is 12.4. The van der Waals surface area contributed by atoms with Crippen LogP contribution in [-0.2, 0) is 0 Å². The predicted molar refractivity (Wildman–Crippen MR) is 110 cm³/mol. The van der Waals surface area contributed by atoms with Crippen molar-refractivity contribution in [3.63, 3.8) is 0 Å². The Morgan fingerprint density at radius 3 is 2.53 bits per heavy atom. The SMILES string of the molecule is C[C@@H](Nc1ncnc(N)c1C#N)c1cnc2ccccc2c1-c1cc(F)cc(F)c1. The summed E-state index contributed by atoms with van der Waals surface area (Å²) in [5, 5.41) is 13.3. The zero-order chi connectivity index (χ0) is 21.3. The first-order chi connectivity index (χ1) is 14.5. The fourth-order valence-electron chi connectivity index (χ4n) is 3.41. The third-order valence-electron chi connectivity index (χ3n) is 4.76. The summed E-state index contributed by atoms with van der Waals surface area (Å²) in [5.74, 6) is -1.02. The normalized spacial score (nSPS) is 11.8. The predicted octanol–water partition coefficient (Wildman–Crippen LogP) is 4.60. The number of rotatable bonds is 4.